The highest BCUT2D eigenvalue weighted by molar-refractivity contribution is 5.78. The van der Waals surface area contributed by atoms with Gasteiger partial charge in [0.25, 0.3) is 5.69 Å². The number of rotatable bonds is 5. The monoisotopic (exact) mass is 320 g/mol. The lowest BCUT2D eigenvalue weighted by molar-refractivity contribution is -0.384. The molecule has 1 atom stereocenters. The van der Waals surface area contributed by atoms with Gasteiger partial charge in [-0.3, -0.25) is 10.1 Å². The molecule has 1 aliphatic rings. The fourth-order valence-electron chi connectivity index (χ4n) is 2.03. The number of ether oxygens (including phenoxy) is 2. The summed E-state index contributed by atoms with van der Waals surface area (Å²) in [6, 6.07) is 5.81. The van der Waals surface area contributed by atoms with Gasteiger partial charge in [0.15, 0.2) is 0 Å². The molecule has 1 unspecified atom stereocenters. The fourth-order valence-corrected chi connectivity index (χ4v) is 2.03. The molecule has 8 nitrogen and oxygen atoms in total. The molecule has 0 saturated carbocycles. The van der Waals surface area contributed by atoms with Gasteiger partial charge in [-0.1, -0.05) is 6.92 Å². The Bertz CT molecular complexity index is 573. The summed E-state index contributed by atoms with van der Waals surface area (Å²) >= 11 is 0. The van der Waals surface area contributed by atoms with Crippen molar-refractivity contribution in [3.63, 3.8) is 0 Å². The van der Waals surface area contributed by atoms with Crippen molar-refractivity contribution in [3.05, 3.63) is 46.4 Å². The van der Waals surface area contributed by atoms with E-state index in [1.165, 1.54) is 18.5 Å². The van der Waals surface area contributed by atoms with Crippen LogP contribution in [-0.4, -0.2) is 48.1 Å². The number of nitro groups is 1. The van der Waals surface area contributed by atoms with E-state index < -0.39 is 11.0 Å². The van der Waals surface area contributed by atoms with Crippen LogP contribution in [0.15, 0.2) is 29.3 Å². The number of nitro benzene ring substituents is 1. The fraction of sp³-hybridized carbons (Fsp3) is 0.400. The van der Waals surface area contributed by atoms with Gasteiger partial charge in [0, 0.05) is 25.2 Å². The van der Waals surface area contributed by atoms with Crippen molar-refractivity contribution in [2.24, 2.45) is 4.99 Å². The number of carbonyl (C=O) groups excluding carboxylic acids is 1. The Morgan fingerprint density at radius 2 is 2.26 bits per heavy atom. The standard InChI is InChI=1S/C15H18N3O5/c1-2-14-9-17(7-8-22-14)11-16-15(19)23-10-12-3-5-13(6-4-12)18(20)21/h2-6,11,14H,7-10H2,1H3/b16-11-. The van der Waals surface area contributed by atoms with E-state index in [0.717, 1.165) is 0 Å². The maximum absolute atomic E-state index is 11.6. The van der Waals surface area contributed by atoms with E-state index >= 15 is 0 Å². The first kappa shape index (κ1) is 16.9. The second kappa shape index (κ2) is 8.23. The summed E-state index contributed by atoms with van der Waals surface area (Å²) in [5.74, 6) is 0. The predicted octanol–water partition coefficient (Wildman–Crippen LogP) is 2.18. The van der Waals surface area contributed by atoms with Gasteiger partial charge in [-0.25, -0.2) is 4.79 Å². The lowest BCUT2D eigenvalue weighted by Gasteiger charge is -2.30. The third-order valence-corrected chi connectivity index (χ3v) is 3.33. The van der Waals surface area contributed by atoms with Crippen LogP contribution in [0.2, 0.25) is 0 Å². The molecule has 0 aliphatic carbocycles. The van der Waals surface area contributed by atoms with E-state index in [9.17, 15) is 14.9 Å². The van der Waals surface area contributed by atoms with Crippen molar-refractivity contribution in [1.29, 1.82) is 0 Å². The maximum Gasteiger partial charge on any atom is 0.435 e. The van der Waals surface area contributed by atoms with Crippen molar-refractivity contribution >= 4 is 18.1 Å². The number of carbonyl (C=O) groups is 1. The van der Waals surface area contributed by atoms with Crippen molar-refractivity contribution in [3.8, 4) is 0 Å². The minimum atomic E-state index is -0.702. The maximum atomic E-state index is 11.6. The van der Waals surface area contributed by atoms with E-state index in [0.29, 0.717) is 25.3 Å². The summed E-state index contributed by atoms with van der Waals surface area (Å²) in [6.45, 7) is 3.84. The quantitative estimate of drug-likeness (QED) is 0.357. The minimum absolute atomic E-state index is 0.00676. The van der Waals surface area contributed by atoms with Crippen LogP contribution in [-0.2, 0) is 16.1 Å². The molecule has 0 aromatic heterocycles. The van der Waals surface area contributed by atoms with Crippen LogP contribution in [0.1, 0.15) is 12.5 Å². The normalized spacial score (nSPS) is 18.1. The van der Waals surface area contributed by atoms with E-state index in [2.05, 4.69) is 4.99 Å². The van der Waals surface area contributed by atoms with Crippen molar-refractivity contribution in [2.45, 2.75) is 19.6 Å². The van der Waals surface area contributed by atoms with E-state index in [4.69, 9.17) is 9.47 Å². The minimum Gasteiger partial charge on any atom is -0.443 e. The molecule has 1 fully saturated rings. The van der Waals surface area contributed by atoms with Gasteiger partial charge in [0.2, 0.25) is 0 Å². The lowest BCUT2D eigenvalue weighted by Crippen LogP contribution is -2.41. The second-order valence-corrected chi connectivity index (χ2v) is 4.96. The van der Waals surface area contributed by atoms with Gasteiger partial charge < -0.3 is 14.4 Å². The Morgan fingerprint density at radius 1 is 1.52 bits per heavy atom. The number of aliphatic imine (C=N–C) groups is 1. The first-order valence-electron chi connectivity index (χ1n) is 7.18. The van der Waals surface area contributed by atoms with Gasteiger partial charge in [-0.05, 0) is 24.1 Å². The van der Waals surface area contributed by atoms with Crippen LogP contribution in [0.3, 0.4) is 0 Å². The molecule has 0 N–H and O–H groups in total. The Labute approximate surface area is 133 Å². The molecule has 1 amide bonds. The zero-order valence-corrected chi connectivity index (χ0v) is 12.8. The lowest BCUT2D eigenvalue weighted by atomic mass is 10.2. The summed E-state index contributed by atoms with van der Waals surface area (Å²) in [7, 11) is 0. The van der Waals surface area contributed by atoms with Crippen LogP contribution in [0, 0.1) is 16.5 Å². The average molecular weight is 320 g/mol. The molecule has 1 aromatic rings. The average Bonchev–Trinajstić information content (AvgIpc) is 2.58. The zero-order chi connectivity index (χ0) is 16.7. The van der Waals surface area contributed by atoms with Crippen molar-refractivity contribution < 1.29 is 19.2 Å². The summed E-state index contributed by atoms with van der Waals surface area (Å²) < 4.78 is 10.5. The van der Waals surface area contributed by atoms with Crippen LogP contribution >= 0.6 is 0 Å². The van der Waals surface area contributed by atoms with Crippen molar-refractivity contribution in [2.75, 3.05) is 19.7 Å². The van der Waals surface area contributed by atoms with Gasteiger partial charge >= 0.3 is 6.09 Å². The predicted molar refractivity (Wildman–Crippen MR) is 83.1 cm³/mol. The van der Waals surface area contributed by atoms with Crippen LogP contribution in [0.5, 0.6) is 0 Å². The first-order valence-corrected chi connectivity index (χ1v) is 7.18. The van der Waals surface area contributed by atoms with E-state index in [1.54, 1.807) is 12.1 Å². The van der Waals surface area contributed by atoms with Crippen molar-refractivity contribution in [1.82, 2.24) is 4.90 Å². The molecule has 8 heteroatoms. The Hall–Kier alpha value is -2.48. The molecule has 0 bridgehead atoms. The van der Waals surface area contributed by atoms with E-state index in [-0.39, 0.29) is 18.4 Å². The molecule has 2 rings (SSSR count). The number of morpholine rings is 1. The molecule has 1 aromatic carbocycles. The highest BCUT2D eigenvalue weighted by Crippen LogP contribution is 2.12. The first-order chi connectivity index (χ1) is 11.1. The SMILES string of the molecule is C[CH]C1CN(/C=N\C(=O)OCc2ccc([N+](=O)[O-])cc2)CCO1. The molecule has 1 saturated heterocycles. The number of benzene rings is 1. The summed E-state index contributed by atoms with van der Waals surface area (Å²) in [5, 5.41) is 10.5. The molecule has 0 spiro atoms. The number of non-ortho nitro benzene ring substituents is 1. The molecular weight excluding hydrogens is 302 g/mol. The largest absolute Gasteiger partial charge is 0.443 e. The highest BCUT2D eigenvalue weighted by atomic mass is 16.6. The van der Waals surface area contributed by atoms with Gasteiger partial charge in [-0.2, -0.15) is 4.99 Å². The molecule has 1 aliphatic heterocycles. The summed E-state index contributed by atoms with van der Waals surface area (Å²) in [4.78, 5) is 27.3. The molecule has 123 valence electrons. The number of hydrogen-bond acceptors (Lipinski definition) is 5. The number of nitrogens with zero attached hydrogens (tertiary/aromatic N) is 3. The summed E-state index contributed by atoms with van der Waals surface area (Å²) in [5.41, 5.74) is 0.652. The van der Waals surface area contributed by atoms with Crippen LogP contribution < -0.4 is 0 Å². The third kappa shape index (κ3) is 5.33. The Kier molecular flexibility index (Phi) is 6.04. The molecule has 1 radical (unpaired) electrons. The molecule has 23 heavy (non-hydrogen) atoms. The van der Waals surface area contributed by atoms with E-state index in [1.807, 2.05) is 18.2 Å². The van der Waals surface area contributed by atoms with Gasteiger partial charge in [0.05, 0.1) is 24.0 Å². The Morgan fingerprint density at radius 3 is 2.91 bits per heavy atom. The Balaban J connectivity index is 1.78. The second-order valence-electron chi connectivity index (χ2n) is 4.96. The smallest absolute Gasteiger partial charge is 0.435 e. The van der Waals surface area contributed by atoms with Gasteiger partial charge in [-0.15, -0.1) is 0 Å². The number of hydrogen-bond donors (Lipinski definition) is 0. The zero-order valence-electron chi connectivity index (χ0n) is 12.8. The van der Waals surface area contributed by atoms with Gasteiger partial charge in [0.1, 0.15) is 6.61 Å². The topological polar surface area (TPSA) is 94.3 Å². The highest BCUT2D eigenvalue weighted by Gasteiger charge is 2.17. The van der Waals surface area contributed by atoms with Crippen LogP contribution in [0.4, 0.5) is 10.5 Å². The molecular formula is C15H18N3O5. The van der Waals surface area contributed by atoms with Crippen LogP contribution in [0.25, 0.3) is 0 Å². The number of amides is 1. The third-order valence-electron chi connectivity index (χ3n) is 3.33. The summed E-state index contributed by atoms with van der Waals surface area (Å²) in [6.07, 6.45) is 2.74. The molecule has 1 heterocycles.